The highest BCUT2D eigenvalue weighted by Gasteiger charge is 2.47. The normalized spacial score (nSPS) is 16.0. The standard InChI is InChI=1S/C29H26N4O4/c1-37-20-11-12-24-19(17-20)13-16-31(24)15-6-14-30-26(34)18-32-27-21-7-2-3-8-22(21)29(36)33(27)25-10-5-4-9-23(25)28(32)35/h2-5,7-13,16-17,27H,6,14-15,18H2,1H3,(H,30,34). The number of methoxy groups -OCH3 is 1. The summed E-state index contributed by atoms with van der Waals surface area (Å²) in [6, 6.07) is 22.3. The molecule has 3 amide bonds. The molecule has 4 aromatic rings. The molecule has 0 aliphatic carbocycles. The quantitative estimate of drug-likeness (QED) is 0.394. The molecule has 2 aliphatic rings. The molecule has 0 saturated carbocycles. The van der Waals surface area contributed by atoms with Gasteiger partial charge in [0, 0.05) is 41.3 Å². The second kappa shape index (κ2) is 9.13. The van der Waals surface area contributed by atoms with Crippen LogP contribution in [-0.2, 0) is 11.3 Å². The van der Waals surface area contributed by atoms with Gasteiger partial charge in [0.1, 0.15) is 18.5 Å². The molecule has 0 saturated heterocycles. The van der Waals surface area contributed by atoms with Crippen molar-refractivity contribution < 1.29 is 19.1 Å². The summed E-state index contributed by atoms with van der Waals surface area (Å²) in [4.78, 5) is 42.8. The number of carbonyl (C=O) groups excluding carboxylic acids is 3. The fourth-order valence-corrected chi connectivity index (χ4v) is 5.32. The summed E-state index contributed by atoms with van der Waals surface area (Å²) in [5.41, 5.74) is 3.39. The number of aromatic nitrogens is 1. The maximum absolute atomic E-state index is 13.5. The summed E-state index contributed by atoms with van der Waals surface area (Å²) in [6.07, 6.45) is 2.12. The van der Waals surface area contributed by atoms with E-state index in [4.69, 9.17) is 4.74 Å². The molecule has 1 unspecified atom stereocenters. The Hall–Kier alpha value is -4.59. The third-order valence-corrected chi connectivity index (χ3v) is 7.07. The highest BCUT2D eigenvalue weighted by Crippen LogP contribution is 2.44. The van der Waals surface area contributed by atoms with Gasteiger partial charge in [-0.15, -0.1) is 0 Å². The van der Waals surface area contributed by atoms with Crippen LogP contribution in [0.1, 0.15) is 38.9 Å². The third kappa shape index (κ3) is 3.81. The van der Waals surface area contributed by atoms with Crippen molar-refractivity contribution in [2.45, 2.75) is 19.1 Å². The van der Waals surface area contributed by atoms with Gasteiger partial charge in [0.15, 0.2) is 0 Å². The molecule has 2 aliphatic heterocycles. The van der Waals surface area contributed by atoms with Crippen LogP contribution in [0.5, 0.6) is 5.75 Å². The van der Waals surface area contributed by atoms with Gasteiger partial charge in [-0.1, -0.05) is 30.3 Å². The van der Waals surface area contributed by atoms with Gasteiger partial charge in [-0.2, -0.15) is 0 Å². The minimum atomic E-state index is -0.639. The number of hydrogen-bond acceptors (Lipinski definition) is 4. The zero-order valence-electron chi connectivity index (χ0n) is 20.4. The Bertz CT molecular complexity index is 1540. The van der Waals surface area contributed by atoms with E-state index in [1.165, 1.54) is 4.90 Å². The van der Waals surface area contributed by atoms with Gasteiger partial charge in [-0.05, 0) is 48.9 Å². The van der Waals surface area contributed by atoms with Gasteiger partial charge in [0.05, 0.1) is 18.4 Å². The number of para-hydroxylation sites is 1. The van der Waals surface area contributed by atoms with Crippen molar-refractivity contribution in [1.82, 2.24) is 14.8 Å². The van der Waals surface area contributed by atoms with Crippen molar-refractivity contribution in [1.29, 1.82) is 0 Å². The Morgan fingerprint density at radius 3 is 2.57 bits per heavy atom. The zero-order chi connectivity index (χ0) is 25.5. The molecule has 1 aromatic heterocycles. The van der Waals surface area contributed by atoms with E-state index in [9.17, 15) is 14.4 Å². The molecule has 37 heavy (non-hydrogen) atoms. The van der Waals surface area contributed by atoms with Crippen LogP contribution in [0.25, 0.3) is 10.9 Å². The maximum Gasteiger partial charge on any atom is 0.260 e. The average Bonchev–Trinajstić information content (AvgIpc) is 3.47. The van der Waals surface area contributed by atoms with Crippen LogP contribution in [0.3, 0.4) is 0 Å². The van der Waals surface area contributed by atoms with Crippen LogP contribution in [0.4, 0.5) is 5.69 Å². The Balaban J connectivity index is 1.15. The Morgan fingerprint density at radius 1 is 0.946 bits per heavy atom. The number of carbonyl (C=O) groups is 3. The fourth-order valence-electron chi connectivity index (χ4n) is 5.32. The number of benzene rings is 3. The molecule has 0 spiro atoms. The van der Waals surface area contributed by atoms with Crippen LogP contribution < -0.4 is 15.0 Å². The molecule has 1 atom stereocenters. The third-order valence-electron chi connectivity index (χ3n) is 7.07. The number of nitrogens with one attached hydrogen (secondary N) is 1. The van der Waals surface area contributed by atoms with E-state index in [-0.39, 0.29) is 24.3 Å². The molecule has 1 N–H and O–H groups in total. The highest BCUT2D eigenvalue weighted by atomic mass is 16.5. The fraction of sp³-hybridized carbons (Fsp3) is 0.207. The number of anilines is 1. The number of rotatable bonds is 7. The summed E-state index contributed by atoms with van der Waals surface area (Å²) in [5, 5.41) is 4.05. The number of fused-ring (bicyclic) bond motifs is 6. The van der Waals surface area contributed by atoms with Crippen molar-refractivity contribution in [3.05, 3.63) is 95.7 Å². The summed E-state index contributed by atoms with van der Waals surface area (Å²) in [5.74, 6) is 0.137. The minimum Gasteiger partial charge on any atom is -0.497 e. The van der Waals surface area contributed by atoms with Crippen LogP contribution >= 0.6 is 0 Å². The summed E-state index contributed by atoms with van der Waals surface area (Å²) >= 11 is 0. The molecule has 186 valence electrons. The first-order chi connectivity index (χ1) is 18.1. The molecule has 0 bridgehead atoms. The lowest BCUT2D eigenvalue weighted by Gasteiger charge is -2.40. The Kier molecular flexibility index (Phi) is 5.64. The number of hydrogen-bond donors (Lipinski definition) is 1. The molecule has 8 heteroatoms. The van der Waals surface area contributed by atoms with Crippen molar-refractivity contribution >= 4 is 34.3 Å². The lowest BCUT2D eigenvalue weighted by Crippen LogP contribution is -2.51. The van der Waals surface area contributed by atoms with E-state index < -0.39 is 6.17 Å². The average molecular weight is 495 g/mol. The first kappa shape index (κ1) is 22.8. The van der Waals surface area contributed by atoms with Gasteiger partial charge < -0.3 is 19.5 Å². The van der Waals surface area contributed by atoms with Gasteiger partial charge in [0.25, 0.3) is 11.8 Å². The monoisotopic (exact) mass is 494 g/mol. The van der Waals surface area contributed by atoms with Crippen LogP contribution in [-0.4, -0.2) is 47.4 Å². The van der Waals surface area contributed by atoms with E-state index >= 15 is 0 Å². The van der Waals surface area contributed by atoms with Crippen molar-refractivity contribution in [3.63, 3.8) is 0 Å². The van der Waals surface area contributed by atoms with E-state index in [1.807, 2.05) is 54.7 Å². The predicted molar refractivity (Wildman–Crippen MR) is 140 cm³/mol. The van der Waals surface area contributed by atoms with Gasteiger partial charge in [-0.25, -0.2) is 0 Å². The number of aryl methyl sites for hydroxylation is 1. The predicted octanol–water partition coefficient (Wildman–Crippen LogP) is 3.97. The second-order valence-electron chi connectivity index (χ2n) is 9.22. The molecule has 3 aromatic carbocycles. The van der Waals surface area contributed by atoms with Crippen molar-refractivity contribution in [2.75, 3.05) is 25.1 Å². The van der Waals surface area contributed by atoms with Crippen molar-refractivity contribution in [3.8, 4) is 5.75 Å². The molecule has 0 radical (unpaired) electrons. The van der Waals surface area contributed by atoms with E-state index in [0.717, 1.165) is 35.2 Å². The molecular weight excluding hydrogens is 468 g/mol. The molecule has 0 fully saturated rings. The van der Waals surface area contributed by atoms with Gasteiger partial charge in [0.2, 0.25) is 5.91 Å². The number of amides is 3. The second-order valence-corrected chi connectivity index (χ2v) is 9.22. The lowest BCUT2D eigenvalue weighted by atomic mass is 10.0. The Labute approximate surface area is 214 Å². The smallest absolute Gasteiger partial charge is 0.260 e. The van der Waals surface area contributed by atoms with Crippen LogP contribution in [0, 0.1) is 0 Å². The number of ether oxygens (including phenoxy) is 1. The van der Waals surface area contributed by atoms with Gasteiger partial charge >= 0.3 is 0 Å². The first-order valence-electron chi connectivity index (χ1n) is 12.3. The van der Waals surface area contributed by atoms with Crippen molar-refractivity contribution in [2.24, 2.45) is 0 Å². The van der Waals surface area contributed by atoms with E-state index in [2.05, 4.69) is 9.88 Å². The summed E-state index contributed by atoms with van der Waals surface area (Å²) in [6.45, 7) is 1.07. The molecular formula is C29H26N4O4. The lowest BCUT2D eigenvalue weighted by molar-refractivity contribution is -0.122. The van der Waals surface area contributed by atoms with E-state index in [1.54, 1.807) is 36.3 Å². The highest BCUT2D eigenvalue weighted by molar-refractivity contribution is 6.17. The van der Waals surface area contributed by atoms with Gasteiger partial charge in [-0.3, -0.25) is 19.3 Å². The molecule has 8 nitrogen and oxygen atoms in total. The van der Waals surface area contributed by atoms with Crippen LogP contribution in [0.15, 0.2) is 79.0 Å². The summed E-state index contributed by atoms with van der Waals surface area (Å²) < 4.78 is 7.43. The Morgan fingerprint density at radius 2 is 1.73 bits per heavy atom. The maximum atomic E-state index is 13.5. The molecule has 6 rings (SSSR count). The van der Waals surface area contributed by atoms with Crippen LogP contribution in [0.2, 0.25) is 0 Å². The topological polar surface area (TPSA) is 83.9 Å². The molecule has 3 heterocycles. The first-order valence-corrected chi connectivity index (χ1v) is 12.3. The zero-order valence-corrected chi connectivity index (χ0v) is 20.4. The largest absolute Gasteiger partial charge is 0.497 e. The summed E-state index contributed by atoms with van der Waals surface area (Å²) in [7, 11) is 1.65. The van der Waals surface area contributed by atoms with E-state index in [0.29, 0.717) is 23.4 Å². The number of nitrogens with zero attached hydrogens (tertiary/aromatic N) is 3. The SMILES string of the molecule is COc1ccc2c(ccn2CCCNC(=O)CN2C(=O)c3ccccc3N3C(=O)c4ccccc4C23)c1. The minimum absolute atomic E-state index is 0.137.